The van der Waals surface area contributed by atoms with Crippen LogP contribution in [0.15, 0.2) is 17.4 Å². The van der Waals surface area contributed by atoms with E-state index in [2.05, 4.69) is 34.6 Å². The van der Waals surface area contributed by atoms with Crippen LogP contribution in [0.4, 0.5) is 0 Å². The summed E-state index contributed by atoms with van der Waals surface area (Å²) >= 11 is 0. The zero-order chi connectivity index (χ0) is 12.0. The number of aliphatic imine (C=N–C) groups is 1. The Bertz CT molecular complexity index is 341. The van der Waals surface area contributed by atoms with Crippen LogP contribution < -0.4 is 16.6 Å². The van der Waals surface area contributed by atoms with Gasteiger partial charge in [-0.15, -0.1) is 0 Å². The van der Waals surface area contributed by atoms with Gasteiger partial charge in [-0.1, -0.05) is 13.8 Å². The molecule has 16 heavy (non-hydrogen) atoms. The van der Waals surface area contributed by atoms with E-state index in [-0.39, 0.29) is 0 Å². The van der Waals surface area contributed by atoms with Crippen LogP contribution in [0.5, 0.6) is 0 Å². The molecular weight excluding hydrogens is 204 g/mol. The molecule has 1 rings (SSSR count). The van der Waals surface area contributed by atoms with E-state index in [1.165, 1.54) is 0 Å². The van der Waals surface area contributed by atoms with Gasteiger partial charge >= 0.3 is 0 Å². The Labute approximate surface area is 95.9 Å². The topological polar surface area (TPSA) is 80.3 Å². The molecule has 0 aliphatic carbocycles. The van der Waals surface area contributed by atoms with Crippen molar-refractivity contribution in [1.29, 1.82) is 0 Å². The van der Waals surface area contributed by atoms with Gasteiger partial charge in [0.2, 0.25) is 5.96 Å². The highest BCUT2D eigenvalue weighted by Gasteiger charge is 2.00. The molecule has 0 bridgehead atoms. The van der Waals surface area contributed by atoms with Crippen LogP contribution in [0.2, 0.25) is 0 Å². The summed E-state index contributed by atoms with van der Waals surface area (Å²) < 4.78 is 1.93. The fraction of sp³-hybridized carbons (Fsp3) is 0.600. The minimum absolute atomic E-state index is 0.508. The van der Waals surface area contributed by atoms with Crippen molar-refractivity contribution in [3.8, 4) is 0 Å². The van der Waals surface area contributed by atoms with Gasteiger partial charge in [-0.25, -0.2) is 15.8 Å². The van der Waals surface area contributed by atoms with Crippen molar-refractivity contribution in [2.24, 2.45) is 23.8 Å². The molecule has 0 radical (unpaired) electrons. The predicted molar refractivity (Wildman–Crippen MR) is 64.5 cm³/mol. The number of nitrogens with one attached hydrogen (secondary N) is 2. The third-order valence-electron chi connectivity index (χ3n) is 2.11. The molecule has 4 N–H and O–H groups in total. The van der Waals surface area contributed by atoms with Crippen LogP contribution >= 0.6 is 0 Å². The molecule has 0 aliphatic rings. The van der Waals surface area contributed by atoms with Crippen LogP contribution in [-0.4, -0.2) is 22.1 Å². The summed E-state index contributed by atoms with van der Waals surface area (Å²) in [6, 6.07) is 0. The molecule has 1 heterocycles. The quantitative estimate of drug-likeness (QED) is 0.291. The Morgan fingerprint density at radius 3 is 2.88 bits per heavy atom. The number of aryl methyl sites for hydroxylation is 1. The first-order chi connectivity index (χ1) is 7.63. The summed E-state index contributed by atoms with van der Waals surface area (Å²) in [4.78, 5) is 8.48. The molecule has 6 nitrogen and oxygen atoms in total. The maximum Gasteiger partial charge on any atom is 0.206 e. The third kappa shape index (κ3) is 3.90. The highest BCUT2D eigenvalue weighted by molar-refractivity contribution is 5.79. The Kier molecular flexibility index (Phi) is 4.78. The van der Waals surface area contributed by atoms with E-state index < -0.39 is 0 Å². The molecule has 0 atom stereocenters. The summed E-state index contributed by atoms with van der Waals surface area (Å²) in [7, 11) is 1.94. The molecule has 0 amide bonds. The van der Waals surface area contributed by atoms with Crippen molar-refractivity contribution >= 4 is 5.96 Å². The second-order valence-corrected chi connectivity index (χ2v) is 4.04. The standard InChI is InChI=1S/C10H20N6/c1-8(2)6-13-10(15-11)14-7-9-12-4-5-16(9)3/h4-5,8H,6-7,11H2,1-3H3,(H2,13,14,15). The second kappa shape index (κ2) is 6.12. The fourth-order valence-corrected chi connectivity index (χ4v) is 1.15. The average Bonchev–Trinajstić information content (AvgIpc) is 2.64. The van der Waals surface area contributed by atoms with Crippen molar-refractivity contribution in [3.05, 3.63) is 18.2 Å². The van der Waals surface area contributed by atoms with Gasteiger partial charge in [0, 0.05) is 26.0 Å². The van der Waals surface area contributed by atoms with Gasteiger partial charge in [-0.2, -0.15) is 0 Å². The average molecular weight is 224 g/mol. The highest BCUT2D eigenvalue weighted by Crippen LogP contribution is 1.96. The Balaban J connectivity index is 2.50. The maximum atomic E-state index is 5.37. The molecule has 0 fully saturated rings. The molecule has 0 saturated carbocycles. The Hall–Kier alpha value is -1.56. The third-order valence-corrected chi connectivity index (χ3v) is 2.11. The molecule has 1 aromatic rings. The SMILES string of the molecule is CC(C)CNC(=NCc1nccn1C)NN. The van der Waals surface area contributed by atoms with Crippen molar-refractivity contribution < 1.29 is 0 Å². The molecular formula is C10H20N6. The van der Waals surface area contributed by atoms with E-state index in [1.807, 2.05) is 17.8 Å². The van der Waals surface area contributed by atoms with Gasteiger partial charge in [0.1, 0.15) is 12.4 Å². The van der Waals surface area contributed by atoms with E-state index in [0.717, 1.165) is 12.4 Å². The van der Waals surface area contributed by atoms with Gasteiger partial charge < -0.3 is 9.88 Å². The van der Waals surface area contributed by atoms with Crippen LogP contribution in [0.1, 0.15) is 19.7 Å². The minimum atomic E-state index is 0.508. The lowest BCUT2D eigenvalue weighted by Crippen LogP contribution is -2.43. The van der Waals surface area contributed by atoms with Gasteiger partial charge in [0.05, 0.1) is 0 Å². The van der Waals surface area contributed by atoms with E-state index in [4.69, 9.17) is 5.84 Å². The molecule has 0 aromatic carbocycles. The summed E-state index contributed by atoms with van der Waals surface area (Å²) in [6.45, 7) is 5.59. The van der Waals surface area contributed by atoms with E-state index in [9.17, 15) is 0 Å². The monoisotopic (exact) mass is 224 g/mol. The van der Waals surface area contributed by atoms with Crippen molar-refractivity contribution in [2.45, 2.75) is 20.4 Å². The Morgan fingerprint density at radius 2 is 2.38 bits per heavy atom. The molecule has 1 aromatic heterocycles. The van der Waals surface area contributed by atoms with E-state index in [1.54, 1.807) is 6.20 Å². The van der Waals surface area contributed by atoms with Crippen molar-refractivity contribution in [1.82, 2.24) is 20.3 Å². The maximum absolute atomic E-state index is 5.37. The van der Waals surface area contributed by atoms with E-state index >= 15 is 0 Å². The first kappa shape index (κ1) is 12.5. The summed E-state index contributed by atoms with van der Waals surface area (Å²) in [5.74, 6) is 7.41. The molecule has 90 valence electrons. The number of hydrazine groups is 1. The normalized spacial score (nSPS) is 11.9. The largest absolute Gasteiger partial charge is 0.355 e. The van der Waals surface area contributed by atoms with Crippen molar-refractivity contribution in [3.63, 3.8) is 0 Å². The summed E-state index contributed by atoms with van der Waals surface area (Å²) in [5.41, 5.74) is 2.54. The zero-order valence-corrected chi connectivity index (χ0v) is 10.1. The van der Waals surface area contributed by atoms with Crippen LogP contribution in [0, 0.1) is 5.92 Å². The zero-order valence-electron chi connectivity index (χ0n) is 10.1. The first-order valence-corrected chi connectivity index (χ1v) is 5.34. The molecule has 0 saturated heterocycles. The molecule has 0 unspecified atom stereocenters. The number of imidazole rings is 1. The van der Waals surface area contributed by atoms with Gasteiger partial charge in [-0.05, 0) is 5.92 Å². The van der Waals surface area contributed by atoms with E-state index in [0.29, 0.717) is 18.4 Å². The number of nitrogens with zero attached hydrogens (tertiary/aromatic N) is 3. The van der Waals surface area contributed by atoms with Crippen LogP contribution in [0.25, 0.3) is 0 Å². The molecule has 0 aliphatic heterocycles. The van der Waals surface area contributed by atoms with Crippen LogP contribution in [0.3, 0.4) is 0 Å². The Morgan fingerprint density at radius 1 is 1.62 bits per heavy atom. The second-order valence-electron chi connectivity index (χ2n) is 4.04. The number of hydrogen-bond acceptors (Lipinski definition) is 3. The van der Waals surface area contributed by atoms with Gasteiger partial charge in [0.15, 0.2) is 0 Å². The van der Waals surface area contributed by atoms with Gasteiger partial charge in [-0.3, -0.25) is 5.43 Å². The number of nitrogens with two attached hydrogens (primary N) is 1. The minimum Gasteiger partial charge on any atom is -0.355 e. The molecule has 0 spiro atoms. The summed E-state index contributed by atoms with van der Waals surface area (Å²) in [5, 5.41) is 3.13. The lowest BCUT2D eigenvalue weighted by atomic mass is 10.2. The van der Waals surface area contributed by atoms with Crippen molar-refractivity contribution in [2.75, 3.05) is 6.54 Å². The number of hydrogen-bond donors (Lipinski definition) is 3. The lowest BCUT2D eigenvalue weighted by molar-refractivity contribution is 0.614. The summed E-state index contributed by atoms with van der Waals surface area (Å²) in [6.07, 6.45) is 3.64. The predicted octanol–water partition coefficient (Wildman–Crippen LogP) is -0.0150. The highest BCUT2D eigenvalue weighted by atomic mass is 15.3. The van der Waals surface area contributed by atoms with Crippen LogP contribution in [-0.2, 0) is 13.6 Å². The van der Waals surface area contributed by atoms with Gasteiger partial charge in [0.25, 0.3) is 0 Å². The lowest BCUT2D eigenvalue weighted by Gasteiger charge is -2.10. The first-order valence-electron chi connectivity index (χ1n) is 5.34. The number of guanidine groups is 1. The smallest absolute Gasteiger partial charge is 0.206 e. The fourth-order valence-electron chi connectivity index (χ4n) is 1.15. The number of aromatic nitrogens is 2. The number of rotatable bonds is 4. The molecule has 6 heteroatoms.